The van der Waals surface area contributed by atoms with Gasteiger partial charge in [0.05, 0.1) is 5.69 Å². The lowest BCUT2D eigenvalue weighted by Crippen LogP contribution is -2.39. The summed E-state index contributed by atoms with van der Waals surface area (Å²) in [5.41, 5.74) is 0.350. The predicted octanol–water partition coefficient (Wildman–Crippen LogP) is 0.757. The molecule has 0 saturated carbocycles. The number of nitrogens with zero attached hydrogens (tertiary/aromatic N) is 2. The van der Waals surface area contributed by atoms with E-state index >= 15 is 0 Å². The number of hydrogen-bond acceptors (Lipinski definition) is 7. The average Bonchev–Trinajstić information content (AvgIpc) is 3.15. The number of ether oxygens (including phenoxy) is 2. The number of nitrogens with one attached hydrogen (secondary N) is 1. The molecule has 5 amide bonds. The van der Waals surface area contributed by atoms with E-state index in [1.165, 1.54) is 19.1 Å². The van der Waals surface area contributed by atoms with Crippen molar-refractivity contribution in [2.75, 3.05) is 25.2 Å². The van der Waals surface area contributed by atoms with Crippen molar-refractivity contribution in [3.05, 3.63) is 17.7 Å². The molecule has 2 heterocycles. The molecule has 10 heteroatoms. The maximum atomic E-state index is 12.3. The summed E-state index contributed by atoms with van der Waals surface area (Å²) in [6, 6.07) is 2.04. The van der Waals surface area contributed by atoms with E-state index in [9.17, 15) is 24.0 Å². The van der Waals surface area contributed by atoms with Crippen LogP contribution < -0.4 is 14.8 Å². The lowest BCUT2D eigenvalue weighted by atomic mass is 10.1. The molecule has 1 fully saturated rings. The molecule has 142 valence electrons. The van der Waals surface area contributed by atoms with Crippen molar-refractivity contribution >= 4 is 35.2 Å². The summed E-state index contributed by atoms with van der Waals surface area (Å²) < 4.78 is 10.4. The highest BCUT2D eigenvalue weighted by molar-refractivity contribution is 6.45. The molecule has 0 aromatic heterocycles. The van der Waals surface area contributed by atoms with E-state index in [0.29, 0.717) is 22.8 Å². The highest BCUT2D eigenvalue weighted by atomic mass is 16.7. The third-order valence-electron chi connectivity index (χ3n) is 4.05. The smallest absolute Gasteiger partial charge is 0.334 e. The standard InChI is InChI=1S/C17H17N3O7/c1-3-4-19-15(23)16(24)20(17(19)25)7-14(22)18-11-6-13-12(26-8-27-13)5-10(11)9(2)21/h5-6H,3-4,7-8H2,1-2H3,(H,18,22). The largest absolute Gasteiger partial charge is 0.454 e. The fourth-order valence-electron chi connectivity index (χ4n) is 2.78. The topological polar surface area (TPSA) is 122 Å². The summed E-state index contributed by atoms with van der Waals surface area (Å²) >= 11 is 0. The van der Waals surface area contributed by atoms with Crippen LogP contribution in [0.15, 0.2) is 12.1 Å². The summed E-state index contributed by atoms with van der Waals surface area (Å²) in [4.78, 5) is 61.5. The van der Waals surface area contributed by atoms with Crippen LogP contribution in [0.5, 0.6) is 11.5 Å². The Balaban J connectivity index is 1.77. The maximum Gasteiger partial charge on any atom is 0.334 e. The zero-order valence-corrected chi connectivity index (χ0v) is 14.7. The third-order valence-corrected chi connectivity index (χ3v) is 4.05. The van der Waals surface area contributed by atoms with E-state index in [0.717, 1.165) is 4.90 Å². The number of Topliss-reactive ketones (excluding diaryl/α,β-unsaturated/α-hetero) is 1. The van der Waals surface area contributed by atoms with E-state index in [4.69, 9.17) is 9.47 Å². The molecule has 0 spiro atoms. The monoisotopic (exact) mass is 375 g/mol. The van der Waals surface area contributed by atoms with Crippen molar-refractivity contribution in [1.82, 2.24) is 9.80 Å². The molecule has 27 heavy (non-hydrogen) atoms. The van der Waals surface area contributed by atoms with Gasteiger partial charge >= 0.3 is 17.8 Å². The van der Waals surface area contributed by atoms with E-state index < -0.39 is 30.3 Å². The number of hydrogen-bond donors (Lipinski definition) is 1. The molecule has 0 unspecified atom stereocenters. The molecule has 0 bridgehead atoms. The molecule has 1 saturated heterocycles. The molecule has 3 rings (SSSR count). The Morgan fingerprint density at radius 2 is 1.70 bits per heavy atom. The van der Waals surface area contributed by atoms with E-state index in [1.807, 2.05) is 0 Å². The van der Waals surface area contributed by atoms with Crippen LogP contribution in [0.3, 0.4) is 0 Å². The average molecular weight is 375 g/mol. The molecule has 0 radical (unpaired) electrons. The van der Waals surface area contributed by atoms with E-state index in [2.05, 4.69) is 5.32 Å². The molecule has 1 aromatic carbocycles. The number of urea groups is 1. The quantitative estimate of drug-likeness (QED) is 0.442. The van der Waals surface area contributed by atoms with Gasteiger partial charge in [-0.1, -0.05) is 6.92 Å². The van der Waals surface area contributed by atoms with Crippen LogP contribution in [0.25, 0.3) is 0 Å². The Morgan fingerprint density at radius 3 is 2.33 bits per heavy atom. The van der Waals surface area contributed by atoms with Gasteiger partial charge in [-0.2, -0.15) is 0 Å². The number of benzene rings is 1. The normalized spacial score (nSPS) is 15.6. The van der Waals surface area contributed by atoms with Crippen LogP contribution in [0.4, 0.5) is 10.5 Å². The molecule has 2 aliphatic heterocycles. The molecular formula is C17H17N3O7. The highest BCUT2D eigenvalue weighted by Crippen LogP contribution is 2.37. The number of imide groups is 2. The molecule has 2 aliphatic rings. The maximum absolute atomic E-state index is 12.3. The number of carbonyl (C=O) groups excluding carboxylic acids is 5. The lowest BCUT2D eigenvalue weighted by molar-refractivity contribution is -0.143. The number of anilines is 1. The Labute approximate surface area is 154 Å². The van der Waals surface area contributed by atoms with Gasteiger partial charge in [-0.3, -0.25) is 24.1 Å². The second-order valence-electron chi connectivity index (χ2n) is 5.99. The van der Waals surface area contributed by atoms with Crippen molar-refractivity contribution < 1.29 is 33.4 Å². The number of rotatable bonds is 6. The van der Waals surface area contributed by atoms with Crippen LogP contribution in [-0.2, 0) is 14.4 Å². The molecule has 10 nitrogen and oxygen atoms in total. The van der Waals surface area contributed by atoms with Gasteiger partial charge in [-0.25, -0.2) is 9.69 Å². The summed E-state index contributed by atoms with van der Waals surface area (Å²) in [5, 5.41) is 2.48. The predicted molar refractivity (Wildman–Crippen MR) is 90.3 cm³/mol. The Bertz CT molecular complexity index is 864. The zero-order chi connectivity index (χ0) is 19.7. The molecule has 0 aliphatic carbocycles. The van der Waals surface area contributed by atoms with Gasteiger partial charge in [0.2, 0.25) is 12.7 Å². The van der Waals surface area contributed by atoms with Gasteiger partial charge in [0.15, 0.2) is 17.3 Å². The second-order valence-corrected chi connectivity index (χ2v) is 5.99. The van der Waals surface area contributed by atoms with Crippen LogP contribution in [0, 0.1) is 0 Å². The van der Waals surface area contributed by atoms with Gasteiger partial charge in [0.1, 0.15) is 6.54 Å². The first-order chi connectivity index (χ1) is 12.8. The van der Waals surface area contributed by atoms with Crippen LogP contribution in [0.2, 0.25) is 0 Å². The molecule has 1 aromatic rings. The van der Waals surface area contributed by atoms with Gasteiger partial charge < -0.3 is 14.8 Å². The zero-order valence-electron chi connectivity index (χ0n) is 14.7. The number of carbonyl (C=O) groups is 5. The first-order valence-electron chi connectivity index (χ1n) is 8.25. The third kappa shape index (κ3) is 3.33. The SMILES string of the molecule is CCCN1C(=O)C(=O)N(CC(=O)Nc2cc3c(cc2C(C)=O)OCO3)C1=O. The van der Waals surface area contributed by atoms with Crippen molar-refractivity contribution in [1.29, 1.82) is 0 Å². The minimum Gasteiger partial charge on any atom is -0.454 e. The Kier molecular flexibility index (Phi) is 4.80. The fraction of sp³-hybridized carbons (Fsp3) is 0.353. The van der Waals surface area contributed by atoms with Crippen LogP contribution in [-0.4, -0.2) is 59.2 Å². The van der Waals surface area contributed by atoms with E-state index in [-0.39, 0.29) is 30.4 Å². The summed E-state index contributed by atoms with van der Waals surface area (Å²) in [7, 11) is 0. The molecular weight excluding hydrogens is 358 g/mol. The number of fused-ring (bicyclic) bond motifs is 1. The summed E-state index contributed by atoms with van der Waals surface area (Å²) in [6.07, 6.45) is 0.490. The van der Waals surface area contributed by atoms with Gasteiger partial charge in [-0.05, 0) is 19.4 Å². The Hall–Kier alpha value is -3.43. The summed E-state index contributed by atoms with van der Waals surface area (Å²) in [6.45, 7) is 2.52. The number of amides is 5. The minimum absolute atomic E-state index is 0.00374. The first kappa shape index (κ1) is 18.4. The van der Waals surface area contributed by atoms with Crippen LogP contribution in [0.1, 0.15) is 30.6 Å². The Morgan fingerprint density at radius 1 is 1.07 bits per heavy atom. The van der Waals surface area contributed by atoms with Crippen LogP contribution >= 0.6 is 0 Å². The van der Waals surface area contributed by atoms with Gasteiger partial charge in [0, 0.05) is 18.2 Å². The number of ketones is 1. The van der Waals surface area contributed by atoms with Crippen molar-refractivity contribution in [2.45, 2.75) is 20.3 Å². The van der Waals surface area contributed by atoms with E-state index in [1.54, 1.807) is 6.92 Å². The van der Waals surface area contributed by atoms with Gasteiger partial charge in [0.25, 0.3) is 0 Å². The summed E-state index contributed by atoms with van der Waals surface area (Å²) in [5.74, 6) is -2.33. The first-order valence-corrected chi connectivity index (χ1v) is 8.25. The second kappa shape index (κ2) is 7.06. The fourth-order valence-corrected chi connectivity index (χ4v) is 2.78. The highest BCUT2D eigenvalue weighted by Gasteiger charge is 2.44. The molecule has 0 atom stereocenters. The molecule has 1 N–H and O–H groups in total. The van der Waals surface area contributed by atoms with Gasteiger partial charge in [-0.15, -0.1) is 0 Å². The lowest BCUT2D eigenvalue weighted by Gasteiger charge is -2.15. The van der Waals surface area contributed by atoms with Crippen molar-refractivity contribution in [3.8, 4) is 11.5 Å². The van der Waals surface area contributed by atoms with Crippen molar-refractivity contribution in [2.24, 2.45) is 0 Å². The van der Waals surface area contributed by atoms with Crippen molar-refractivity contribution in [3.63, 3.8) is 0 Å². The minimum atomic E-state index is -1.05.